The number of nitrogens with zero attached hydrogens (tertiary/aromatic N) is 1. The lowest BCUT2D eigenvalue weighted by atomic mass is 9.77. The molecule has 0 saturated heterocycles. The Morgan fingerprint density at radius 3 is 2.23 bits per heavy atom. The van der Waals surface area contributed by atoms with Crippen LogP contribution in [0.4, 0.5) is 8.78 Å². The van der Waals surface area contributed by atoms with E-state index in [1.54, 1.807) is 6.07 Å². The Hall–Kier alpha value is -2.73. The molecule has 1 aliphatic rings. The zero-order chi connectivity index (χ0) is 24.6. The van der Waals surface area contributed by atoms with Crippen LogP contribution in [0.2, 0.25) is 0 Å². The lowest BCUT2D eigenvalue weighted by Gasteiger charge is -2.28. The summed E-state index contributed by atoms with van der Waals surface area (Å²) in [6, 6.07) is 16.5. The summed E-state index contributed by atoms with van der Waals surface area (Å²) < 4.78 is 29.1. The summed E-state index contributed by atoms with van der Waals surface area (Å²) in [5.74, 6) is 1.09. The Labute approximate surface area is 209 Å². The molecule has 1 aliphatic carbocycles. The van der Waals surface area contributed by atoms with Crippen molar-refractivity contribution in [3.8, 4) is 6.07 Å². The third-order valence-corrected chi connectivity index (χ3v) is 7.96. The first-order valence-corrected chi connectivity index (χ1v) is 13.5. The molecule has 0 unspecified atom stereocenters. The molecule has 1 nitrogen and oxygen atoms in total. The van der Waals surface area contributed by atoms with Gasteiger partial charge in [0.2, 0.25) is 0 Å². The molecule has 3 aromatic carbocycles. The fourth-order valence-corrected chi connectivity index (χ4v) is 5.68. The van der Waals surface area contributed by atoms with Crippen LogP contribution in [0, 0.1) is 34.8 Å². The van der Waals surface area contributed by atoms with Crippen LogP contribution in [-0.4, -0.2) is 0 Å². The van der Waals surface area contributed by atoms with Gasteiger partial charge in [-0.25, -0.2) is 8.78 Å². The quantitative estimate of drug-likeness (QED) is 0.269. The number of hydrogen-bond acceptors (Lipinski definition) is 1. The number of fused-ring (bicyclic) bond motifs is 1. The van der Waals surface area contributed by atoms with E-state index in [4.69, 9.17) is 5.26 Å². The molecule has 3 heteroatoms. The molecular formula is C32H37F2N. The van der Waals surface area contributed by atoms with E-state index in [9.17, 15) is 4.39 Å². The summed E-state index contributed by atoms with van der Waals surface area (Å²) >= 11 is 0. The van der Waals surface area contributed by atoms with Gasteiger partial charge in [-0.3, -0.25) is 0 Å². The number of unbranched alkanes of at least 4 members (excludes halogenated alkanes) is 2. The lowest BCUT2D eigenvalue weighted by molar-refractivity contribution is 0.249. The van der Waals surface area contributed by atoms with Crippen molar-refractivity contribution in [3.63, 3.8) is 0 Å². The van der Waals surface area contributed by atoms with Gasteiger partial charge in [0.1, 0.15) is 17.7 Å². The normalized spacial score (nSPS) is 18.0. The van der Waals surface area contributed by atoms with Gasteiger partial charge in [-0.2, -0.15) is 5.26 Å². The van der Waals surface area contributed by atoms with E-state index < -0.39 is 5.82 Å². The molecule has 4 rings (SSSR count). The molecular weight excluding hydrogens is 436 g/mol. The second-order valence-electron chi connectivity index (χ2n) is 10.4. The average molecular weight is 474 g/mol. The van der Waals surface area contributed by atoms with E-state index in [2.05, 4.69) is 19.1 Å². The van der Waals surface area contributed by atoms with E-state index in [1.807, 2.05) is 24.3 Å². The fourth-order valence-electron chi connectivity index (χ4n) is 5.68. The Kier molecular flexibility index (Phi) is 8.91. The zero-order valence-corrected chi connectivity index (χ0v) is 21.0. The Balaban J connectivity index is 1.32. The zero-order valence-electron chi connectivity index (χ0n) is 21.0. The minimum absolute atomic E-state index is 0.0385. The van der Waals surface area contributed by atoms with E-state index >= 15 is 4.39 Å². The Morgan fingerprint density at radius 1 is 0.800 bits per heavy atom. The van der Waals surface area contributed by atoms with Gasteiger partial charge in [0, 0.05) is 5.39 Å². The monoisotopic (exact) mass is 473 g/mol. The topological polar surface area (TPSA) is 23.8 Å². The van der Waals surface area contributed by atoms with Crippen LogP contribution >= 0.6 is 0 Å². The Bertz CT molecular complexity index is 1170. The molecule has 0 heterocycles. The summed E-state index contributed by atoms with van der Waals surface area (Å²) in [6.07, 6.45) is 14.4. The van der Waals surface area contributed by atoms with Gasteiger partial charge >= 0.3 is 0 Å². The molecule has 1 saturated carbocycles. The number of nitriles is 1. The first kappa shape index (κ1) is 25.4. The van der Waals surface area contributed by atoms with Crippen LogP contribution in [0.1, 0.15) is 87.0 Å². The first-order valence-electron chi connectivity index (χ1n) is 13.5. The number of benzene rings is 3. The molecule has 0 amide bonds. The highest BCUT2D eigenvalue weighted by Crippen LogP contribution is 2.34. The maximum atomic E-state index is 15.2. The van der Waals surface area contributed by atoms with Crippen molar-refractivity contribution in [1.29, 1.82) is 5.26 Å². The lowest BCUT2D eigenvalue weighted by Crippen LogP contribution is -2.15. The largest absolute Gasteiger partial charge is 0.206 e. The molecule has 0 aromatic heterocycles. The van der Waals surface area contributed by atoms with Crippen molar-refractivity contribution in [3.05, 3.63) is 82.4 Å². The van der Waals surface area contributed by atoms with Crippen LogP contribution in [0.25, 0.3) is 10.8 Å². The third kappa shape index (κ3) is 6.69. The van der Waals surface area contributed by atoms with Gasteiger partial charge < -0.3 is 0 Å². The molecule has 3 aromatic rings. The third-order valence-electron chi connectivity index (χ3n) is 7.96. The van der Waals surface area contributed by atoms with E-state index in [0.29, 0.717) is 23.8 Å². The summed E-state index contributed by atoms with van der Waals surface area (Å²) in [4.78, 5) is 0. The van der Waals surface area contributed by atoms with Gasteiger partial charge in [0.05, 0.1) is 5.56 Å². The van der Waals surface area contributed by atoms with Crippen LogP contribution in [0.15, 0.2) is 48.5 Å². The minimum Gasteiger partial charge on any atom is -0.206 e. The van der Waals surface area contributed by atoms with Gasteiger partial charge in [0.25, 0.3) is 0 Å². The maximum Gasteiger partial charge on any atom is 0.141 e. The van der Waals surface area contributed by atoms with Gasteiger partial charge in [-0.1, -0.05) is 94.7 Å². The van der Waals surface area contributed by atoms with Gasteiger partial charge in [-0.05, 0) is 71.7 Å². The average Bonchev–Trinajstić information content (AvgIpc) is 2.88. The van der Waals surface area contributed by atoms with E-state index in [-0.39, 0.29) is 11.4 Å². The molecule has 0 aliphatic heterocycles. The van der Waals surface area contributed by atoms with Crippen LogP contribution in [0.5, 0.6) is 0 Å². The highest BCUT2D eigenvalue weighted by Gasteiger charge is 2.20. The number of halogens is 2. The van der Waals surface area contributed by atoms with Gasteiger partial charge in [0.15, 0.2) is 0 Å². The van der Waals surface area contributed by atoms with E-state index in [1.165, 1.54) is 75.5 Å². The highest BCUT2D eigenvalue weighted by molar-refractivity contribution is 5.84. The highest BCUT2D eigenvalue weighted by atomic mass is 19.1. The smallest absolute Gasteiger partial charge is 0.141 e. The summed E-state index contributed by atoms with van der Waals surface area (Å²) in [7, 11) is 0. The molecule has 0 spiro atoms. The second-order valence-corrected chi connectivity index (χ2v) is 10.4. The van der Waals surface area contributed by atoms with Crippen molar-refractivity contribution >= 4 is 10.8 Å². The van der Waals surface area contributed by atoms with Crippen molar-refractivity contribution in [1.82, 2.24) is 0 Å². The van der Waals surface area contributed by atoms with Crippen LogP contribution in [0.3, 0.4) is 0 Å². The van der Waals surface area contributed by atoms with Crippen molar-refractivity contribution in [2.45, 2.75) is 84.0 Å². The fraction of sp³-hybridized carbons (Fsp3) is 0.469. The maximum absolute atomic E-state index is 15.2. The van der Waals surface area contributed by atoms with Crippen LogP contribution in [-0.2, 0) is 19.3 Å². The summed E-state index contributed by atoms with van der Waals surface area (Å²) in [6.45, 7) is 2.28. The first-order chi connectivity index (χ1) is 17.1. The molecule has 1 fully saturated rings. The van der Waals surface area contributed by atoms with Crippen LogP contribution < -0.4 is 0 Å². The number of rotatable bonds is 10. The van der Waals surface area contributed by atoms with Gasteiger partial charge in [-0.15, -0.1) is 0 Å². The molecule has 0 radical (unpaired) electrons. The molecule has 35 heavy (non-hydrogen) atoms. The van der Waals surface area contributed by atoms with Crippen molar-refractivity contribution in [2.24, 2.45) is 11.8 Å². The minimum atomic E-state index is -0.517. The predicted molar refractivity (Wildman–Crippen MR) is 140 cm³/mol. The summed E-state index contributed by atoms with van der Waals surface area (Å²) in [5, 5.41) is 10.5. The Morgan fingerprint density at radius 2 is 1.51 bits per heavy atom. The number of hydrogen-bond donors (Lipinski definition) is 0. The molecule has 0 atom stereocenters. The van der Waals surface area contributed by atoms with Crippen molar-refractivity contribution < 1.29 is 8.78 Å². The molecule has 0 bridgehead atoms. The standard InChI is InChI=1S/C32H37F2N/c1-2-3-4-5-23-6-8-24(9-7-23)10-11-25-14-19-30-28(20-25)18-17-27(32(30)34)15-12-26-13-16-29(22-35)31(33)21-26/h13-14,16-21,23-24H,2-12,15H2,1H3. The molecule has 0 N–H and O–H groups in total. The van der Waals surface area contributed by atoms with Crippen molar-refractivity contribution in [2.75, 3.05) is 0 Å². The second kappa shape index (κ2) is 12.3. The van der Waals surface area contributed by atoms with E-state index in [0.717, 1.165) is 29.2 Å². The molecule has 184 valence electrons. The SMILES string of the molecule is CCCCCC1CCC(CCc2ccc3c(F)c(CCc4ccc(C#N)c(F)c4)ccc3c2)CC1. The summed E-state index contributed by atoms with van der Waals surface area (Å²) in [5.41, 5.74) is 2.75. The predicted octanol–water partition coefficient (Wildman–Crippen LogP) is 9.09. The number of aryl methyl sites for hydroxylation is 3.